The topological polar surface area (TPSA) is 79.3 Å². The molecule has 0 aromatic carbocycles. The van der Waals surface area contributed by atoms with Gasteiger partial charge in [-0.1, -0.05) is 181 Å². The SMILES string of the molecule is CCCCCCCCC(CCCCCC)CC(=O)OCC(CCCCN(CC=C(C)C)CCN(CCO)C1CCC1)COC(=O)CC(CCCCCC)CCCCCCCC. The highest BCUT2D eigenvalue weighted by Crippen LogP contribution is 2.26. The summed E-state index contributed by atoms with van der Waals surface area (Å²) < 4.78 is 12.2. The number of ether oxygens (including phenoxy) is 2. The summed E-state index contributed by atoms with van der Waals surface area (Å²) in [5.41, 5.74) is 1.34. The number of allylic oxidation sites excluding steroid dienone is 1. The van der Waals surface area contributed by atoms with Gasteiger partial charge in [0.2, 0.25) is 0 Å². The van der Waals surface area contributed by atoms with Gasteiger partial charge in [0.25, 0.3) is 0 Å². The number of rotatable bonds is 45. The van der Waals surface area contributed by atoms with Gasteiger partial charge in [-0.15, -0.1) is 0 Å². The Labute approximate surface area is 379 Å². The normalized spacial score (nSPS) is 14.6. The number of nitrogens with zero attached hydrogens (tertiary/aromatic N) is 2. The highest BCUT2D eigenvalue weighted by atomic mass is 16.5. The average molecular weight is 861 g/mol. The third-order valence-corrected chi connectivity index (χ3v) is 13.5. The van der Waals surface area contributed by atoms with Crippen LogP contribution < -0.4 is 0 Å². The molecule has 2 unspecified atom stereocenters. The zero-order chi connectivity index (χ0) is 44.6. The van der Waals surface area contributed by atoms with Crippen molar-refractivity contribution in [2.24, 2.45) is 17.8 Å². The third-order valence-electron chi connectivity index (χ3n) is 13.5. The van der Waals surface area contributed by atoms with E-state index in [1.165, 1.54) is 153 Å². The van der Waals surface area contributed by atoms with Crippen LogP contribution in [-0.2, 0) is 19.1 Å². The Kier molecular flexibility index (Phi) is 39.0. The van der Waals surface area contributed by atoms with Crippen molar-refractivity contribution in [2.45, 2.75) is 253 Å². The van der Waals surface area contributed by atoms with Crippen LogP contribution in [0.3, 0.4) is 0 Å². The van der Waals surface area contributed by atoms with Crippen LogP contribution >= 0.6 is 0 Å². The van der Waals surface area contributed by atoms with Crippen LogP contribution in [0.5, 0.6) is 0 Å². The van der Waals surface area contributed by atoms with Crippen molar-refractivity contribution in [1.82, 2.24) is 9.80 Å². The summed E-state index contributed by atoms with van der Waals surface area (Å²) in [5.74, 6) is 0.677. The molecule has 1 aliphatic rings. The summed E-state index contributed by atoms with van der Waals surface area (Å²) in [4.78, 5) is 32.0. The summed E-state index contributed by atoms with van der Waals surface area (Å²) in [7, 11) is 0. The fraction of sp³-hybridized carbons (Fsp3) is 0.926. The van der Waals surface area contributed by atoms with Crippen molar-refractivity contribution in [2.75, 3.05) is 52.5 Å². The van der Waals surface area contributed by atoms with E-state index in [0.29, 0.717) is 43.9 Å². The largest absolute Gasteiger partial charge is 0.465 e. The first kappa shape index (κ1) is 57.6. The quantitative estimate of drug-likeness (QED) is 0.0371. The molecule has 0 spiro atoms. The van der Waals surface area contributed by atoms with Crippen molar-refractivity contribution in [3.8, 4) is 0 Å². The lowest BCUT2D eigenvalue weighted by Crippen LogP contribution is -2.45. The number of hydrogen-bond donors (Lipinski definition) is 1. The summed E-state index contributed by atoms with van der Waals surface area (Å²) in [6.45, 7) is 19.0. The molecule has 360 valence electrons. The molecular weight excluding hydrogens is 757 g/mol. The minimum atomic E-state index is -0.0688. The van der Waals surface area contributed by atoms with Crippen LogP contribution in [0.2, 0.25) is 0 Å². The molecule has 1 saturated carbocycles. The summed E-state index contributed by atoms with van der Waals surface area (Å²) in [6, 6.07) is 0.627. The first-order chi connectivity index (χ1) is 29.8. The molecule has 1 N–H and O–H groups in total. The fourth-order valence-electron chi connectivity index (χ4n) is 9.07. The molecule has 0 saturated heterocycles. The lowest BCUT2D eigenvalue weighted by molar-refractivity contribution is -0.150. The molecule has 0 aromatic heterocycles. The third kappa shape index (κ3) is 33.7. The number of hydrogen-bond acceptors (Lipinski definition) is 7. The number of unbranched alkanes of at least 4 members (excludes halogenated alkanes) is 17. The number of carbonyl (C=O) groups excluding carboxylic acids is 2. The molecule has 1 fully saturated rings. The molecule has 2 atom stereocenters. The van der Waals surface area contributed by atoms with Crippen LogP contribution in [0.25, 0.3) is 0 Å². The van der Waals surface area contributed by atoms with E-state index in [0.717, 1.165) is 77.7 Å². The van der Waals surface area contributed by atoms with E-state index in [1.54, 1.807) is 0 Å². The van der Waals surface area contributed by atoms with E-state index < -0.39 is 0 Å². The lowest BCUT2D eigenvalue weighted by Gasteiger charge is -2.38. The number of carbonyl (C=O) groups is 2. The van der Waals surface area contributed by atoms with Gasteiger partial charge in [-0.25, -0.2) is 0 Å². The van der Waals surface area contributed by atoms with Crippen LogP contribution in [0.4, 0.5) is 0 Å². The predicted molar refractivity (Wildman–Crippen MR) is 261 cm³/mol. The van der Waals surface area contributed by atoms with Gasteiger partial charge in [-0.05, 0) is 83.6 Å². The molecule has 1 aliphatic carbocycles. The van der Waals surface area contributed by atoms with Crippen LogP contribution in [0.15, 0.2) is 11.6 Å². The second kappa shape index (κ2) is 41.3. The van der Waals surface area contributed by atoms with Gasteiger partial charge in [0.1, 0.15) is 0 Å². The molecule has 0 bridgehead atoms. The average Bonchev–Trinajstić information content (AvgIpc) is 3.22. The zero-order valence-corrected chi connectivity index (χ0v) is 41.6. The Morgan fingerprint density at radius 2 is 0.951 bits per heavy atom. The molecule has 1 rings (SSSR count). The summed E-state index contributed by atoms with van der Waals surface area (Å²) >= 11 is 0. The predicted octanol–water partition coefficient (Wildman–Crippen LogP) is 14.4. The highest BCUT2D eigenvalue weighted by Gasteiger charge is 2.25. The smallest absolute Gasteiger partial charge is 0.306 e. The standard InChI is InChI=1S/C54H104N2O5/c1-7-11-15-19-21-25-32-49(30-23-17-13-9-3)44-53(58)60-46-51(47-61-54(59)45-50(31-24-18-14-10-4)33-26-22-20-16-12-8-2)34-27-28-38-55(39-37-48(5)6)40-41-56(42-43-57)52-35-29-36-52/h37,49-52,57H,7-36,38-47H2,1-6H3. The Balaban J connectivity index is 2.92. The molecule has 7 heteroatoms. The van der Waals surface area contributed by atoms with Gasteiger partial charge >= 0.3 is 11.9 Å². The fourth-order valence-corrected chi connectivity index (χ4v) is 9.07. The van der Waals surface area contributed by atoms with Gasteiger partial charge < -0.3 is 14.6 Å². The van der Waals surface area contributed by atoms with Crippen LogP contribution in [0, 0.1) is 17.8 Å². The Morgan fingerprint density at radius 1 is 0.541 bits per heavy atom. The molecule has 0 amide bonds. The van der Waals surface area contributed by atoms with E-state index in [9.17, 15) is 14.7 Å². The van der Waals surface area contributed by atoms with Gasteiger partial charge in [-0.2, -0.15) is 0 Å². The molecule has 7 nitrogen and oxygen atoms in total. The molecule has 0 aliphatic heterocycles. The lowest BCUT2D eigenvalue weighted by atomic mass is 9.91. The highest BCUT2D eigenvalue weighted by molar-refractivity contribution is 5.70. The first-order valence-corrected chi connectivity index (χ1v) is 26.8. The molecule has 0 aromatic rings. The van der Waals surface area contributed by atoms with Crippen molar-refractivity contribution >= 4 is 11.9 Å². The van der Waals surface area contributed by atoms with Crippen molar-refractivity contribution in [1.29, 1.82) is 0 Å². The number of aliphatic hydroxyl groups is 1. The van der Waals surface area contributed by atoms with Crippen molar-refractivity contribution in [3.63, 3.8) is 0 Å². The second-order valence-electron chi connectivity index (χ2n) is 19.6. The van der Waals surface area contributed by atoms with Gasteiger partial charge in [0.15, 0.2) is 0 Å². The van der Waals surface area contributed by atoms with Crippen molar-refractivity contribution in [3.05, 3.63) is 11.6 Å². The van der Waals surface area contributed by atoms with Gasteiger partial charge in [-0.3, -0.25) is 19.4 Å². The molecular formula is C54H104N2O5. The molecule has 0 heterocycles. The summed E-state index contributed by atoms with van der Waals surface area (Å²) in [6.07, 6.45) is 39.8. The molecule has 0 radical (unpaired) electrons. The Hall–Kier alpha value is -1.44. The number of esters is 2. The van der Waals surface area contributed by atoms with Crippen LogP contribution in [0.1, 0.15) is 247 Å². The van der Waals surface area contributed by atoms with Gasteiger partial charge in [0.05, 0.1) is 19.8 Å². The van der Waals surface area contributed by atoms with E-state index in [4.69, 9.17) is 9.47 Å². The first-order valence-electron chi connectivity index (χ1n) is 26.8. The zero-order valence-electron chi connectivity index (χ0n) is 41.6. The maximum Gasteiger partial charge on any atom is 0.306 e. The Bertz CT molecular complexity index is 977. The van der Waals surface area contributed by atoms with E-state index >= 15 is 0 Å². The maximum absolute atomic E-state index is 13.5. The monoisotopic (exact) mass is 861 g/mol. The summed E-state index contributed by atoms with van der Waals surface area (Å²) in [5, 5.41) is 9.73. The number of aliphatic hydroxyl groups excluding tert-OH is 1. The second-order valence-corrected chi connectivity index (χ2v) is 19.6. The maximum atomic E-state index is 13.5. The molecule has 61 heavy (non-hydrogen) atoms. The Morgan fingerprint density at radius 3 is 1.36 bits per heavy atom. The van der Waals surface area contributed by atoms with E-state index in [2.05, 4.69) is 57.4 Å². The van der Waals surface area contributed by atoms with Gasteiger partial charge in [0, 0.05) is 51.0 Å². The minimum absolute atomic E-state index is 0.0148. The van der Waals surface area contributed by atoms with Crippen LogP contribution in [-0.4, -0.2) is 85.4 Å². The van der Waals surface area contributed by atoms with E-state index in [-0.39, 0.29) is 24.5 Å². The van der Waals surface area contributed by atoms with Crippen molar-refractivity contribution < 1.29 is 24.2 Å². The minimum Gasteiger partial charge on any atom is -0.465 e. The van der Waals surface area contributed by atoms with E-state index in [1.807, 2.05) is 0 Å².